The number of carbonyl (C=O) groups is 1. The van der Waals surface area contributed by atoms with E-state index in [-0.39, 0.29) is 12.5 Å². The summed E-state index contributed by atoms with van der Waals surface area (Å²) in [7, 11) is 0. The Labute approximate surface area is 82.4 Å². The van der Waals surface area contributed by atoms with Gasteiger partial charge < -0.3 is 19.7 Å². The lowest BCUT2D eigenvalue weighted by Gasteiger charge is -2.08. The van der Waals surface area contributed by atoms with E-state index in [2.05, 4.69) is 4.99 Å². The molecule has 0 aliphatic carbocycles. The van der Waals surface area contributed by atoms with Crippen molar-refractivity contribution in [3.63, 3.8) is 0 Å². The molecule has 5 nitrogen and oxygen atoms in total. The van der Waals surface area contributed by atoms with Crippen LogP contribution in [-0.4, -0.2) is 47.8 Å². The Hall–Kier alpha value is -0.780. The second kappa shape index (κ2) is 5.19. The highest BCUT2D eigenvalue weighted by molar-refractivity contribution is 5.79. The van der Waals surface area contributed by atoms with E-state index in [1.165, 1.54) is 6.21 Å². The summed E-state index contributed by atoms with van der Waals surface area (Å²) in [5, 5.41) is 18.1. The summed E-state index contributed by atoms with van der Waals surface area (Å²) in [6.07, 6.45) is 0.970. The molecule has 1 aliphatic rings. The SMILES string of the molecule is CC(C=O)C=NC1CC(O)C(CO)O1. The summed E-state index contributed by atoms with van der Waals surface area (Å²) in [5.74, 6) is -0.246. The quantitative estimate of drug-likeness (QED) is 0.468. The third-order valence-electron chi connectivity index (χ3n) is 2.09. The molecule has 0 spiro atoms. The number of hydrogen-bond acceptors (Lipinski definition) is 5. The van der Waals surface area contributed by atoms with Crippen LogP contribution in [0.1, 0.15) is 13.3 Å². The van der Waals surface area contributed by atoms with Crippen molar-refractivity contribution < 1.29 is 19.7 Å². The first-order valence-corrected chi connectivity index (χ1v) is 4.60. The summed E-state index contributed by atoms with van der Waals surface area (Å²) in [6.45, 7) is 1.50. The minimum Gasteiger partial charge on any atom is -0.394 e. The molecule has 1 fully saturated rings. The minimum absolute atomic E-state index is 0.212. The Morgan fingerprint density at radius 3 is 2.93 bits per heavy atom. The van der Waals surface area contributed by atoms with Gasteiger partial charge in [0.1, 0.15) is 12.4 Å². The lowest BCUT2D eigenvalue weighted by molar-refractivity contribution is -0.109. The normalized spacial score (nSPS) is 34.9. The van der Waals surface area contributed by atoms with Crippen molar-refractivity contribution in [3.8, 4) is 0 Å². The number of rotatable bonds is 4. The third kappa shape index (κ3) is 2.87. The molecule has 1 heterocycles. The third-order valence-corrected chi connectivity index (χ3v) is 2.09. The van der Waals surface area contributed by atoms with Crippen molar-refractivity contribution in [2.45, 2.75) is 31.8 Å². The van der Waals surface area contributed by atoms with Crippen LogP contribution in [0.3, 0.4) is 0 Å². The molecule has 0 bridgehead atoms. The monoisotopic (exact) mass is 201 g/mol. The molecule has 0 radical (unpaired) electrons. The standard InChI is InChI=1S/C9H15NO4/c1-6(4-11)3-10-9-2-7(13)8(5-12)14-9/h3-4,6-9,12-13H,2,5H2,1H3. The largest absolute Gasteiger partial charge is 0.394 e. The van der Waals surface area contributed by atoms with Gasteiger partial charge in [0, 0.05) is 18.6 Å². The van der Waals surface area contributed by atoms with Gasteiger partial charge in [0.25, 0.3) is 0 Å². The fourth-order valence-electron chi connectivity index (χ4n) is 1.23. The van der Waals surface area contributed by atoms with Gasteiger partial charge in [-0.15, -0.1) is 0 Å². The number of hydrogen-bond donors (Lipinski definition) is 2. The van der Waals surface area contributed by atoms with Crippen LogP contribution in [0.25, 0.3) is 0 Å². The number of ether oxygens (including phenoxy) is 1. The van der Waals surface area contributed by atoms with Gasteiger partial charge >= 0.3 is 0 Å². The predicted molar refractivity (Wildman–Crippen MR) is 50.1 cm³/mol. The van der Waals surface area contributed by atoms with E-state index in [1.807, 2.05) is 0 Å². The molecule has 0 saturated carbocycles. The van der Waals surface area contributed by atoms with E-state index in [0.29, 0.717) is 6.42 Å². The highest BCUT2D eigenvalue weighted by Crippen LogP contribution is 2.20. The Balaban J connectivity index is 2.41. The second-order valence-corrected chi connectivity index (χ2v) is 3.41. The van der Waals surface area contributed by atoms with Crippen LogP contribution < -0.4 is 0 Å². The Bertz CT molecular complexity index is 219. The first-order chi connectivity index (χ1) is 6.67. The maximum atomic E-state index is 10.3. The van der Waals surface area contributed by atoms with E-state index < -0.39 is 18.4 Å². The smallest absolute Gasteiger partial charge is 0.151 e. The van der Waals surface area contributed by atoms with Crippen LogP contribution in [0.2, 0.25) is 0 Å². The number of nitrogens with zero attached hydrogens (tertiary/aromatic N) is 1. The van der Waals surface area contributed by atoms with Crippen molar-refractivity contribution in [2.24, 2.45) is 10.9 Å². The molecule has 1 rings (SSSR count). The van der Waals surface area contributed by atoms with Gasteiger partial charge in [-0.1, -0.05) is 6.92 Å². The number of carbonyl (C=O) groups excluding carboxylic acids is 1. The molecule has 0 aromatic rings. The topological polar surface area (TPSA) is 79.1 Å². The zero-order valence-electron chi connectivity index (χ0n) is 8.04. The van der Waals surface area contributed by atoms with Crippen molar-refractivity contribution in [1.29, 1.82) is 0 Å². The van der Waals surface area contributed by atoms with E-state index >= 15 is 0 Å². The van der Waals surface area contributed by atoms with Gasteiger partial charge in [0.2, 0.25) is 0 Å². The average molecular weight is 201 g/mol. The highest BCUT2D eigenvalue weighted by atomic mass is 16.5. The van der Waals surface area contributed by atoms with E-state index in [1.54, 1.807) is 6.92 Å². The molecule has 4 atom stereocenters. The number of aldehydes is 1. The Kier molecular flexibility index (Phi) is 4.19. The Morgan fingerprint density at radius 1 is 1.71 bits per heavy atom. The lowest BCUT2D eigenvalue weighted by atomic mass is 10.2. The van der Waals surface area contributed by atoms with Crippen molar-refractivity contribution in [3.05, 3.63) is 0 Å². The van der Waals surface area contributed by atoms with Gasteiger partial charge in [-0.05, 0) is 0 Å². The molecule has 0 aromatic carbocycles. The summed E-state index contributed by atoms with van der Waals surface area (Å²) in [6, 6.07) is 0. The fraction of sp³-hybridized carbons (Fsp3) is 0.778. The summed E-state index contributed by atoms with van der Waals surface area (Å²) in [4.78, 5) is 14.3. The maximum Gasteiger partial charge on any atom is 0.151 e. The molecule has 80 valence electrons. The number of aliphatic hydroxyl groups excluding tert-OH is 2. The second-order valence-electron chi connectivity index (χ2n) is 3.41. The first kappa shape index (κ1) is 11.3. The maximum absolute atomic E-state index is 10.3. The Morgan fingerprint density at radius 2 is 2.43 bits per heavy atom. The molecule has 1 aliphatic heterocycles. The number of aliphatic imine (C=N–C) groups is 1. The van der Waals surface area contributed by atoms with Crippen LogP contribution in [0, 0.1) is 5.92 Å². The zero-order valence-corrected chi connectivity index (χ0v) is 8.04. The van der Waals surface area contributed by atoms with Crippen molar-refractivity contribution in [2.75, 3.05) is 6.61 Å². The fourth-order valence-corrected chi connectivity index (χ4v) is 1.23. The van der Waals surface area contributed by atoms with Crippen molar-refractivity contribution >= 4 is 12.5 Å². The molecular formula is C9H15NO4. The van der Waals surface area contributed by atoms with Crippen LogP contribution >= 0.6 is 0 Å². The van der Waals surface area contributed by atoms with E-state index in [4.69, 9.17) is 9.84 Å². The average Bonchev–Trinajstić information content (AvgIpc) is 2.55. The van der Waals surface area contributed by atoms with Crippen LogP contribution in [0.15, 0.2) is 4.99 Å². The molecule has 4 unspecified atom stereocenters. The molecule has 0 aromatic heterocycles. The van der Waals surface area contributed by atoms with Gasteiger partial charge in [-0.25, -0.2) is 0 Å². The first-order valence-electron chi connectivity index (χ1n) is 4.60. The summed E-state index contributed by atoms with van der Waals surface area (Å²) in [5.41, 5.74) is 0. The van der Waals surface area contributed by atoms with Gasteiger partial charge in [-0.3, -0.25) is 4.99 Å². The molecular weight excluding hydrogens is 186 g/mol. The summed E-state index contributed by atoms with van der Waals surface area (Å²) >= 11 is 0. The highest BCUT2D eigenvalue weighted by Gasteiger charge is 2.32. The van der Waals surface area contributed by atoms with E-state index in [0.717, 1.165) is 6.29 Å². The molecule has 14 heavy (non-hydrogen) atoms. The van der Waals surface area contributed by atoms with Crippen LogP contribution in [0.4, 0.5) is 0 Å². The van der Waals surface area contributed by atoms with Gasteiger partial charge in [-0.2, -0.15) is 0 Å². The number of aliphatic hydroxyl groups is 2. The van der Waals surface area contributed by atoms with Gasteiger partial charge in [0.05, 0.1) is 12.7 Å². The summed E-state index contributed by atoms with van der Waals surface area (Å²) < 4.78 is 5.20. The van der Waals surface area contributed by atoms with Crippen LogP contribution in [0.5, 0.6) is 0 Å². The van der Waals surface area contributed by atoms with E-state index in [9.17, 15) is 9.90 Å². The molecule has 1 saturated heterocycles. The predicted octanol–water partition coefficient (Wildman–Crippen LogP) is -0.640. The molecule has 5 heteroatoms. The zero-order chi connectivity index (χ0) is 10.6. The molecule has 2 N–H and O–H groups in total. The van der Waals surface area contributed by atoms with Gasteiger partial charge in [0.15, 0.2) is 6.23 Å². The van der Waals surface area contributed by atoms with Crippen molar-refractivity contribution in [1.82, 2.24) is 0 Å². The molecule has 0 amide bonds. The minimum atomic E-state index is -0.673. The van der Waals surface area contributed by atoms with Crippen LogP contribution in [-0.2, 0) is 9.53 Å². The lowest BCUT2D eigenvalue weighted by Crippen LogP contribution is -2.24.